The molecule has 0 aliphatic carbocycles. The van der Waals surface area contributed by atoms with Crippen molar-refractivity contribution in [3.05, 3.63) is 71.3 Å². The van der Waals surface area contributed by atoms with E-state index < -0.39 is 23.6 Å². The van der Waals surface area contributed by atoms with Crippen LogP contribution in [0.25, 0.3) is 6.08 Å². The third kappa shape index (κ3) is 3.08. The summed E-state index contributed by atoms with van der Waals surface area (Å²) in [6.45, 7) is 0. The fourth-order valence-corrected chi connectivity index (χ4v) is 2.53. The Balaban J connectivity index is 1.93. The Morgan fingerprint density at radius 2 is 1.67 bits per heavy atom. The van der Waals surface area contributed by atoms with Crippen molar-refractivity contribution in [3.8, 4) is 0 Å². The zero-order valence-corrected chi connectivity index (χ0v) is 12.4. The van der Waals surface area contributed by atoms with Crippen molar-refractivity contribution in [3.63, 3.8) is 0 Å². The van der Waals surface area contributed by atoms with E-state index in [-0.39, 0.29) is 17.6 Å². The molecule has 0 N–H and O–H groups in total. The van der Waals surface area contributed by atoms with Gasteiger partial charge < -0.3 is 0 Å². The zero-order chi connectivity index (χ0) is 17.3. The smallest absolute Gasteiger partial charge is 0.274 e. The van der Waals surface area contributed by atoms with E-state index in [0.717, 1.165) is 17.0 Å². The number of para-hydroxylation sites is 1. The fourth-order valence-electron chi connectivity index (χ4n) is 2.53. The summed E-state index contributed by atoms with van der Waals surface area (Å²) in [5.41, 5.74) is 0.0487. The van der Waals surface area contributed by atoms with Crippen molar-refractivity contribution >= 4 is 23.6 Å². The van der Waals surface area contributed by atoms with Gasteiger partial charge in [-0.15, -0.1) is 0 Å². The lowest BCUT2D eigenvalue weighted by Crippen LogP contribution is -2.28. The van der Waals surface area contributed by atoms with Gasteiger partial charge in [0.15, 0.2) is 0 Å². The molecule has 3 rings (SSSR count). The maximum Gasteiger partial charge on any atom is 0.416 e. The van der Waals surface area contributed by atoms with Crippen LogP contribution in [-0.2, 0) is 15.8 Å². The molecule has 0 atom stereocenters. The van der Waals surface area contributed by atoms with Gasteiger partial charge in [-0.1, -0.05) is 30.3 Å². The van der Waals surface area contributed by atoms with Crippen LogP contribution in [0.15, 0.2) is 60.2 Å². The average molecular weight is 331 g/mol. The number of anilines is 1. The molecule has 0 spiro atoms. The number of carbonyl (C=O) groups excluding carboxylic acids is 2. The monoisotopic (exact) mass is 331 g/mol. The summed E-state index contributed by atoms with van der Waals surface area (Å²) in [5.74, 6) is -0.909. The molecule has 1 saturated heterocycles. The molecule has 3 nitrogen and oxygen atoms in total. The van der Waals surface area contributed by atoms with Crippen LogP contribution in [0.3, 0.4) is 0 Å². The lowest BCUT2D eigenvalue weighted by molar-refractivity contribution is -0.137. The van der Waals surface area contributed by atoms with Crippen LogP contribution in [0.4, 0.5) is 18.9 Å². The second kappa shape index (κ2) is 5.96. The average Bonchev–Trinajstić information content (AvgIpc) is 2.82. The highest BCUT2D eigenvalue weighted by Gasteiger charge is 2.35. The second-order valence-corrected chi connectivity index (χ2v) is 5.34. The molecule has 0 aromatic heterocycles. The maximum absolute atomic E-state index is 12.8. The number of carbonyl (C=O) groups is 2. The number of hydrogen-bond acceptors (Lipinski definition) is 2. The summed E-state index contributed by atoms with van der Waals surface area (Å²) >= 11 is 0. The van der Waals surface area contributed by atoms with Gasteiger partial charge in [-0.2, -0.15) is 13.2 Å². The van der Waals surface area contributed by atoms with Crippen LogP contribution in [0.2, 0.25) is 0 Å². The molecule has 122 valence electrons. The van der Waals surface area contributed by atoms with Crippen LogP contribution in [0.5, 0.6) is 0 Å². The number of nitrogens with zero attached hydrogens (tertiary/aromatic N) is 1. The Hall–Kier alpha value is -2.89. The van der Waals surface area contributed by atoms with Gasteiger partial charge in [-0.25, -0.2) is 4.90 Å². The SMILES string of the molecule is O=C1C/C(=C\c2cccc(C(F)(F)F)c2)C(=O)N1c1ccccc1. The molecule has 0 unspecified atom stereocenters. The van der Waals surface area contributed by atoms with Gasteiger partial charge in [-0.3, -0.25) is 9.59 Å². The molecular weight excluding hydrogens is 319 g/mol. The summed E-state index contributed by atoms with van der Waals surface area (Å²) in [5, 5.41) is 0. The molecule has 24 heavy (non-hydrogen) atoms. The lowest BCUT2D eigenvalue weighted by Gasteiger charge is -2.12. The second-order valence-electron chi connectivity index (χ2n) is 5.34. The molecule has 0 bridgehead atoms. The predicted molar refractivity (Wildman–Crippen MR) is 83.0 cm³/mol. The van der Waals surface area contributed by atoms with Crippen LogP contribution >= 0.6 is 0 Å². The minimum absolute atomic E-state index is 0.135. The first-order valence-corrected chi connectivity index (χ1v) is 7.16. The van der Waals surface area contributed by atoms with Crippen molar-refractivity contribution in [1.29, 1.82) is 0 Å². The number of imide groups is 1. The maximum atomic E-state index is 12.8. The van der Waals surface area contributed by atoms with Crippen molar-refractivity contribution < 1.29 is 22.8 Å². The van der Waals surface area contributed by atoms with Gasteiger partial charge in [0.25, 0.3) is 5.91 Å². The van der Waals surface area contributed by atoms with Crippen LogP contribution in [0.1, 0.15) is 17.5 Å². The van der Waals surface area contributed by atoms with E-state index in [0.29, 0.717) is 5.69 Å². The number of rotatable bonds is 2. The van der Waals surface area contributed by atoms with Crippen LogP contribution in [0, 0.1) is 0 Å². The summed E-state index contributed by atoms with van der Waals surface area (Å²) in [7, 11) is 0. The summed E-state index contributed by atoms with van der Waals surface area (Å²) in [6.07, 6.45) is -3.26. The summed E-state index contributed by atoms with van der Waals surface area (Å²) in [6, 6.07) is 13.1. The van der Waals surface area contributed by atoms with Crippen LogP contribution < -0.4 is 4.90 Å². The topological polar surface area (TPSA) is 37.4 Å². The highest BCUT2D eigenvalue weighted by Crippen LogP contribution is 2.31. The van der Waals surface area contributed by atoms with Gasteiger partial charge in [0.2, 0.25) is 5.91 Å². The number of hydrogen-bond donors (Lipinski definition) is 0. The normalized spacial score (nSPS) is 17.0. The molecule has 1 aliphatic rings. The molecule has 1 fully saturated rings. The minimum Gasteiger partial charge on any atom is -0.274 e. The van der Waals surface area contributed by atoms with Crippen molar-refractivity contribution in [1.82, 2.24) is 0 Å². The Kier molecular flexibility index (Phi) is 3.97. The zero-order valence-electron chi connectivity index (χ0n) is 12.4. The van der Waals surface area contributed by atoms with Crippen molar-refractivity contribution in [2.45, 2.75) is 12.6 Å². The fraction of sp³-hybridized carbons (Fsp3) is 0.111. The van der Waals surface area contributed by atoms with E-state index in [1.165, 1.54) is 18.2 Å². The predicted octanol–water partition coefficient (Wildman–Crippen LogP) is 4.05. The molecule has 2 aromatic carbocycles. The first kappa shape index (κ1) is 16.0. The largest absolute Gasteiger partial charge is 0.416 e. The van der Waals surface area contributed by atoms with E-state index in [4.69, 9.17) is 0 Å². The highest BCUT2D eigenvalue weighted by molar-refractivity contribution is 6.29. The Labute approximate surface area is 136 Å². The van der Waals surface area contributed by atoms with Crippen molar-refractivity contribution in [2.24, 2.45) is 0 Å². The standard InChI is InChI=1S/C18H12F3NO2/c19-18(20,21)14-6-4-5-12(10-14)9-13-11-16(23)22(17(13)24)15-7-2-1-3-8-15/h1-10H,11H2/b13-9+. The van der Waals surface area contributed by atoms with E-state index in [2.05, 4.69) is 0 Å². The van der Waals surface area contributed by atoms with E-state index in [1.54, 1.807) is 30.3 Å². The number of halogens is 3. The Morgan fingerprint density at radius 1 is 0.958 bits per heavy atom. The number of benzene rings is 2. The molecule has 1 aliphatic heterocycles. The van der Waals surface area contributed by atoms with Gasteiger partial charge in [-0.05, 0) is 35.9 Å². The molecular formula is C18H12F3NO2. The first-order chi connectivity index (χ1) is 11.4. The van der Waals surface area contributed by atoms with Crippen LogP contribution in [-0.4, -0.2) is 11.8 Å². The Bertz CT molecular complexity index is 826. The third-order valence-electron chi connectivity index (χ3n) is 3.64. The van der Waals surface area contributed by atoms with Gasteiger partial charge in [0.1, 0.15) is 0 Å². The molecule has 0 radical (unpaired) electrons. The lowest BCUT2D eigenvalue weighted by atomic mass is 10.1. The molecule has 1 heterocycles. The first-order valence-electron chi connectivity index (χ1n) is 7.16. The quantitative estimate of drug-likeness (QED) is 0.615. The number of alkyl halides is 3. The third-order valence-corrected chi connectivity index (χ3v) is 3.64. The Morgan fingerprint density at radius 3 is 2.33 bits per heavy atom. The minimum atomic E-state index is -4.46. The van der Waals surface area contributed by atoms with Gasteiger partial charge >= 0.3 is 6.18 Å². The van der Waals surface area contributed by atoms with E-state index in [9.17, 15) is 22.8 Å². The van der Waals surface area contributed by atoms with E-state index in [1.807, 2.05) is 0 Å². The van der Waals surface area contributed by atoms with E-state index >= 15 is 0 Å². The highest BCUT2D eigenvalue weighted by atomic mass is 19.4. The summed E-state index contributed by atoms with van der Waals surface area (Å²) < 4.78 is 38.3. The molecule has 2 aromatic rings. The number of amides is 2. The molecule has 2 amide bonds. The van der Waals surface area contributed by atoms with Gasteiger partial charge in [0.05, 0.1) is 17.7 Å². The van der Waals surface area contributed by atoms with Gasteiger partial charge in [0, 0.05) is 5.57 Å². The summed E-state index contributed by atoms with van der Waals surface area (Å²) in [4.78, 5) is 25.6. The van der Waals surface area contributed by atoms with Crippen molar-refractivity contribution in [2.75, 3.05) is 4.90 Å². The molecule has 6 heteroatoms. The molecule has 0 saturated carbocycles.